The lowest BCUT2D eigenvalue weighted by Crippen LogP contribution is -2.36. The summed E-state index contributed by atoms with van der Waals surface area (Å²) in [6, 6.07) is 0.367. The van der Waals surface area contributed by atoms with E-state index < -0.39 is 6.55 Å². The lowest BCUT2D eigenvalue weighted by atomic mass is 10.1. The van der Waals surface area contributed by atoms with E-state index in [0.29, 0.717) is 16.4 Å². The molecule has 1 aliphatic rings. The first kappa shape index (κ1) is 11.3. The molecule has 1 aromatic rings. The lowest BCUT2D eigenvalue weighted by Gasteiger charge is -2.29. The zero-order valence-corrected chi connectivity index (χ0v) is 9.24. The average molecular weight is 230 g/mol. The van der Waals surface area contributed by atoms with Gasteiger partial charge in [0.25, 0.3) is 0 Å². The Morgan fingerprint density at radius 3 is 2.69 bits per heavy atom. The van der Waals surface area contributed by atoms with E-state index in [1.165, 1.54) is 12.4 Å². The first-order valence-electron chi connectivity index (χ1n) is 5.42. The Morgan fingerprint density at radius 2 is 2.12 bits per heavy atom. The van der Waals surface area contributed by atoms with Crippen LogP contribution >= 0.6 is 0 Å². The van der Waals surface area contributed by atoms with Gasteiger partial charge in [0.1, 0.15) is 0 Å². The molecule has 4 nitrogen and oxygen atoms in total. The van der Waals surface area contributed by atoms with Gasteiger partial charge in [-0.2, -0.15) is 13.9 Å². The van der Waals surface area contributed by atoms with Crippen molar-refractivity contribution >= 4 is 5.69 Å². The number of nitrogens with one attached hydrogen (secondary N) is 1. The summed E-state index contributed by atoms with van der Waals surface area (Å²) in [7, 11) is 2.09. The molecular weight excluding hydrogens is 214 g/mol. The van der Waals surface area contributed by atoms with Gasteiger partial charge in [-0.15, -0.1) is 0 Å². The summed E-state index contributed by atoms with van der Waals surface area (Å²) in [5.74, 6) is 0. The monoisotopic (exact) mass is 230 g/mol. The molecule has 1 aromatic heterocycles. The maximum atomic E-state index is 12.3. The van der Waals surface area contributed by atoms with Gasteiger partial charge in [-0.25, -0.2) is 4.68 Å². The number of aromatic nitrogens is 2. The Balaban J connectivity index is 1.88. The zero-order valence-electron chi connectivity index (χ0n) is 9.24. The second kappa shape index (κ2) is 4.78. The molecule has 6 heteroatoms. The molecule has 90 valence electrons. The topological polar surface area (TPSA) is 33.1 Å². The average Bonchev–Trinajstić information content (AvgIpc) is 2.70. The molecule has 16 heavy (non-hydrogen) atoms. The van der Waals surface area contributed by atoms with Crippen molar-refractivity contribution in [2.75, 3.05) is 25.5 Å². The minimum atomic E-state index is -2.56. The number of hydrogen-bond acceptors (Lipinski definition) is 3. The molecule has 2 heterocycles. The largest absolute Gasteiger partial charge is 0.380 e. The first-order valence-corrected chi connectivity index (χ1v) is 5.42. The highest BCUT2D eigenvalue weighted by atomic mass is 19.3. The fourth-order valence-corrected chi connectivity index (χ4v) is 1.91. The van der Waals surface area contributed by atoms with E-state index in [9.17, 15) is 8.78 Å². The normalized spacial score (nSPS) is 19.2. The molecule has 0 amide bonds. The van der Waals surface area contributed by atoms with Crippen molar-refractivity contribution in [3.63, 3.8) is 0 Å². The summed E-state index contributed by atoms with van der Waals surface area (Å²) >= 11 is 0. The molecule has 1 fully saturated rings. The Bertz CT molecular complexity index is 331. The summed E-state index contributed by atoms with van der Waals surface area (Å²) in [5, 5.41) is 6.82. The molecule has 1 aliphatic heterocycles. The van der Waals surface area contributed by atoms with Gasteiger partial charge >= 0.3 is 6.55 Å². The lowest BCUT2D eigenvalue weighted by molar-refractivity contribution is 0.0566. The van der Waals surface area contributed by atoms with E-state index in [2.05, 4.69) is 22.4 Å². The van der Waals surface area contributed by atoms with E-state index >= 15 is 0 Å². The fraction of sp³-hybridized carbons (Fsp3) is 0.700. The Hall–Kier alpha value is -1.17. The molecule has 1 saturated heterocycles. The minimum absolute atomic E-state index is 0.367. The standard InChI is InChI=1S/C10H16F2N4/c1-15-4-2-8(3-5-15)14-9-6-13-16(7-9)10(11)12/h6-8,10,14H,2-5H2,1H3. The van der Waals surface area contributed by atoms with Crippen molar-refractivity contribution in [3.05, 3.63) is 12.4 Å². The molecular formula is C10H16F2N4. The fourth-order valence-electron chi connectivity index (χ4n) is 1.91. The van der Waals surface area contributed by atoms with E-state index in [-0.39, 0.29) is 0 Å². The third-order valence-electron chi connectivity index (χ3n) is 2.89. The van der Waals surface area contributed by atoms with E-state index in [0.717, 1.165) is 25.9 Å². The van der Waals surface area contributed by atoms with Crippen LogP contribution < -0.4 is 5.32 Å². The number of hydrogen-bond donors (Lipinski definition) is 1. The Labute approximate surface area is 93.2 Å². The third kappa shape index (κ3) is 2.69. The van der Waals surface area contributed by atoms with Crippen LogP contribution in [0.2, 0.25) is 0 Å². The molecule has 0 spiro atoms. The van der Waals surface area contributed by atoms with Crippen LogP contribution in [0.25, 0.3) is 0 Å². The van der Waals surface area contributed by atoms with Gasteiger partial charge in [-0.1, -0.05) is 0 Å². The van der Waals surface area contributed by atoms with Gasteiger partial charge in [0.2, 0.25) is 0 Å². The molecule has 0 bridgehead atoms. The number of rotatable bonds is 3. The summed E-state index contributed by atoms with van der Waals surface area (Å²) < 4.78 is 25.2. The van der Waals surface area contributed by atoms with E-state index in [1.54, 1.807) is 0 Å². The zero-order chi connectivity index (χ0) is 11.5. The van der Waals surface area contributed by atoms with Gasteiger partial charge < -0.3 is 10.2 Å². The van der Waals surface area contributed by atoms with Crippen LogP contribution in [0.3, 0.4) is 0 Å². The summed E-state index contributed by atoms with van der Waals surface area (Å²) in [5.41, 5.74) is 0.676. The van der Waals surface area contributed by atoms with Crippen molar-refractivity contribution in [2.24, 2.45) is 0 Å². The second-order valence-electron chi connectivity index (χ2n) is 4.21. The van der Waals surface area contributed by atoms with Crippen LogP contribution in [-0.2, 0) is 0 Å². The van der Waals surface area contributed by atoms with Crippen molar-refractivity contribution in [3.8, 4) is 0 Å². The highest BCUT2D eigenvalue weighted by Crippen LogP contribution is 2.17. The number of halogens is 2. The summed E-state index contributed by atoms with van der Waals surface area (Å²) in [6.45, 7) is -0.477. The van der Waals surface area contributed by atoms with E-state index in [1.807, 2.05) is 0 Å². The molecule has 0 radical (unpaired) electrons. The highest BCUT2D eigenvalue weighted by molar-refractivity contribution is 5.39. The predicted molar refractivity (Wildman–Crippen MR) is 57.6 cm³/mol. The maximum absolute atomic E-state index is 12.3. The maximum Gasteiger partial charge on any atom is 0.333 e. The Morgan fingerprint density at radius 1 is 1.44 bits per heavy atom. The van der Waals surface area contributed by atoms with Crippen LogP contribution in [-0.4, -0.2) is 40.9 Å². The number of likely N-dealkylation sites (tertiary alicyclic amines) is 1. The number of piperidine rings is 1. The smallest absolute Gasteiger partial charge is 0.333 e. The molecule has 0 saturated carbocycles. The number of nitrogens with zero attached hydrogens (tertiary/aromatic N) is 3. The van der Waals surface area contributed by atoms with Crippen molar-refractivity contribution in [1.82, 2.24) is 14.7 Å². The highest BCUT2D eigenvalue weighted by Gasteiger charge is 2.17. The molecule has 0 unspecified atom stereocenters. The summed E-state index contributed by atoms with van der Waals surface area (Å²) in [4.78, 5) is 2.26. The number of alkyl halides is 2. The van der Waals surface area contributed by atoms with E-state index in [4.69, 9.17) is 0 Å². The van der Waals surface area contributed by atoms with Gasteiger partial charge in [0.05, 0.1) is 18.1 Å². The third-order valence-corrected chi connectivity index (χ3v) is 2.89. The minimum Gasteiger partial charge on any atom is -0.380 e. The first-order chi connectivity index (χ1) is 7.65. The van der Waals surface area contributed by atoms with Crippen molar-refractivity contribution in [2.45, 2.75) is 25.4 Å². The Kier molecular flexibility index (Phi) is 3.38. The predicted octanol–water partition coefficient (Wildman–Crippen LogP) is 1.78. The van der Waals surface area contributed by atoms with Crippen LogP contribution in [0.4, 0.5) is 14.5 Å². The molecule has 2 rings (SSSR count). The molecule has 0 aliphatic carbocycles. The van der Waals surface area contributed by atoms with Crippen molar-refractivity contribution < 1.29 is 8.78 Å². The van der Waals surface area contributed by atoms with Crippen LogP contribution in [0.1, 0.15) is 19.4 Å². The second-order valence-corrected chi connectivity index (χ2v) is 4.21. The molecule has 0 atom stereocenters. The van der Waals surface area contributed by atoms with Crippen LogP contribution in [0.15, 0.2) is 12.4 Å². The van der Waals surface area contributed by atoms with Gasteiger partial charge in [0, 0.05) is 6.04 Å². The van der Waals surface area contributed by atoms with Crippen LogP contribution in [0, 0.1) is 0 Å². The van der Waals surface area contributed by atoms with Gasteiger partial charge in [-0.05, 0) is 33.0 Å². The molecule has 1 N–H and O–H groups in total. The number of anilines is 1. The summed E-state index contributed by atoms with van der Waals surface area (Å²) in [6.07, 6.45) is 4.88. The van der Waals surface area contributed by atoms with Crippen molar-refractivity contribution in [1.29, 1.82) is 0 Å². The quantitative estimate of drug-likeness (QED) is 0.859. The molecule has 0 aromatic carbocycles. The van der Waals surface area contributed by atoms with Gasteiger partial charge in [-0.3, -0.25) is 0 Å². The van der Waals surface area contributed by atoms with Crippen LogP contribution in [0.5, 0.6) is 0 Å². The van der Waals surface area contributed by atoms with Gasteiger partial charge in [0.15, 0.2) is 0 Å². The SMILES string of the molecule is CN1CCC(Nc2cnn(C(F)F)c2)CC1.